The topological polar surface area (TPSA) is 23.8 Å². The van der Waals surface area contributed by atoms with Gasteiger partial charge in [-0.2, -0.15) is 0 Å². The first-order valence-corrected chi connectivity index (χ1v) is 11.5. The number of hydrogen-bond donors (Lipinski definition) is 0. The molecule has 2 rings (SSSR count). The molecule has 1 aliphatic carbocycles. The van der Waals surface area contributed by atoms with Crippen molar-refractivity contribution in [2.75, 3.05) is 0 Å². The van der Waals surface area contributed by atoms with Crippen molar-refractivity contribution in [3.63, 3.8) is 0 Å². The van der Waals surface area contributed by atoms with Gasteiger partial charge in [-0.05, 0) is 29.4 Å². The molecule has 24 heavy (non-hydrogen) atoms. The number of rotatable bonds is 5. The first-order valence-electron chi connectivity index (χ1n) is 7.97. The summed E-state index contributed by atoms with van der Waals surface area (Å²) in [4.78, 5) is 0. The first kappa shape index (κ1) is 21.6. The van der Waals surface area contributed by atoms with Gasteiger partial charge in [-0.1, -0.05) is 87.9 Å². The molecule has 1 N–H and O–H groups in total. The van der Waals surface area contributed by atoms with Gasteiger partial charge in [0.15, 0.2) is 0 Å². The third kappa shape index (κ3) is 7.60. The van der Waals surface area contributed by atoms with Gasteiger partial charge in [0, 0.05) is 0 Å². The molecule has 0 aromatic heterocycles. The van der Waals surface area contributed by atoms with E-state index in [1.807, 2.05) is 19.9 Å². The van der Waals surface area contributed by atoms with Crippen molar-refractivity contribution in [3.05, 3.63) is 71.5 Å². The van der Waals surface area contributed by atoms with Gasteiger partial charge in [-0.15, -0.1) is 5.54 Å². The first-order chi connectivity index (χ1) is 11.2. The van der Waals surface area contributed by atoms with Crippen LogP contribution in [0.3, 0.4) is 0 Å². The fraction of sp³-hybridized carbons (Fsp3) is 0.400. The van der Waals surface area contributed by atoms with E-state index in [-0.39, 0.29) is 18.8 Å². The average molecular weight is 403 g/mol. The minimum atomic E-state index is -0.552. The summed E-state index contributed by atoms with van der Waals surface area (Å²) >= 11 is -0.181. The molecule has 0 amide bonds. The molecule has 0 atom stereocenters. The van der Waals surface area contributed by atoms with Gasteiger partial charge in [0.1, 0.15) is 0 Å². The minimum absolute atomic E-state index is 0.121. The Morgan fingerprint density at radius 3 is 2.21 bits per heavy atom. The van der Waals surface area contributed by atoms with Crippen molar-refractivity contribution in [1.29, 1.82) is 0 Å². The molecule has 131 valence electrons. The molecular formula is C20H26Cl2CrN. The van der Waals surface area contributed by atoms with Crippen LogP contribution in [-0.2, 0) is 13.4 Å². The summed E-state index contributed by atoms with van der Waals surface area (Å²) in [5, 5.41) is 0. The van der Waals surface area contributed by atoms with E-state index in [2.05, 4.69) is 62.4 Å². The molecule has 4 heteroatoms. The van der Waals surface area contributed by atoms with E-state index in [0.717, 1.165) is 12.8 Å². The van der Waals surface area contributed by atoms with Crippen LogP contribution < -0.4 is 0 Å². The molecule has 1 nitrogen and oxygen atoms in total. The van der Waals surface area contributed by atoms with E-state index in [1.165, 1.54) is 16.7 Å². The van der Waals surface area contributed by atoms with Crippen molar-refractivity contribution in [2.45, 2.75) is 46.1 Å². The molecule has 0 spiro atoms. The van der Waals surface area contributed by atoms with Crippen molar-refractivity contribution in [1.82, 2.24) is 0 Å². The Kier molecular flexibility index (Phi) is 8.85. The monoisotopic (exact) mass is 402 g/mol. The number of hydrogen-bond acceptors (Lipinski definition) is 0. The quantitative estimate of drug-likeness (QED) is 0.484. The van der Waals surface area contributed by atoms with Gasteiger partial charge in [-0.3, -0.25) is 0 Å². The Morgan fingerprint density at radius 1 is 1.17 bits per heavy atom. The van der Waals surface area contributed by atoms with E-state index in [9.17, 15) is 0 Å². The van der Waals surface area contributed by atoms with Crippen LogP contribution in [0.5, 0.6) is 0 Å². The Labute approximate surface area is 161 Å². The fourth-order valence-corrected chi connectivity index (χ4v) is 2.86. The maximum atomic E-state index is 8.23. The number of nitrogens with one attached hydrogen (secondary N) is 1. The molecule has 0 saturated carbocycles. The van der Waals surface area contributed by atoms with Gasteiger partial charge in [0.05, 0.1) is 0 Å². The van der Waals surface area contributed by atoms with Gasteiger partial charge < -0.3 is 5.73 Å². The molecule has 0 fully saturated rings. The molecule has 0 heterocycles. The van der Waals surface area contributed by atoms with Gasteiger partial charge in [-0.25, -0.2) is 0 Å². The molecule has 0 bridgehead atoms. The molecule has 1 aliphatic rings. The van der Waals surface area contributed by atoms with Crippen LogP contribution in [0.1, 0.15) is 46.1 Å². The molecular weight excluding hydrogens is 377 g/mol. The zero-order chi connectivity index (χ0) is 18.2. The predicted octanol–water partition coefficient (Wildman–Crippen LogP) is 7.58. The van der Waals surface area contributed by atoms with Crippen LogP contribution in [0.15, 0.2) is 60.2 Å². The Balaban J connectivity index is 0.000000891. The SMILES string of the molecule is CC(C)([NH-])C=C(CC(C)(C)C1=CC=CC1)c1ccccc1.[Cl][Cr+][Cl]. The summed E-state index contributed by atoms with van der Waals surface area (Å²) in [6, 6.07) is 10.5. The van der Waals surface area contributed by atoms with Gasteiger partial charge >= 0.3 is 33.5 Å². The molecule has 1 aromatic carbocycles. The molecule has 0 unspecified atom stereocenters. The molecule has 1 aromatic rings. The van der Waals surface area contributed by atoms with E-state index >= 15 is 0 Å². The number of allylic oxidation sites excluding steroid dienone is 5. The maximum absolute atomic E-state index is 8.23. The van der Waals surface area contributed by atoms with E-state index in [1.54, 1.807) is 0 Å². The van der Waals surface area contributed by atoms with Crippen molar-refractivity contribution < 1.29 is 13.4 Å². The van der Waals surface area contributed by atoms with Crippen LogP contribution in [0.25, 0.3) is 11.3 Å². The van der Waals surface area contributed by atoms with E-state index < -0.39 is 5.54 Å². The molecule has 0 radical (unpaired) electrons. The van der Waals surface area contributed by atoms with Gasteiger partial charge in [0.25, 0.3) is 0 Å². The van der Waals surface area contributed by atoms with Crippen LogP contribution in [0.4, 0.5) is 0 Å². The Bertz CT molecular complexity index is 596. The number of benzene rings is 1. The molecule has 0 aliphatic heterocycles. The van der Waals surface area contributed by atoms with Crippen LogP contribution in [0, 0.1) is 5.41 Å². The van der Waals surface area contributed by atoms with Crippen molar-refractivity contribution >= 4 is 25.7 Å². The fourth-order valence-electron chi connectivity index (χ4n) is 2.86. The van der Waals surface area contributed by atoms with E-state index in [0.29, 0.717) is 0 Å². The summed E-state index contributed by atoms with van der Waals surface area (Å²) in [5.74, 6) is 0. The zero-order valence-electron chi connectivity index (χ0n) is 14.8. The van der Waals surface area contributed by atoms with Crippen molar-refractivity contribution in [2.24, 2.45) is 5.41 Å². The second-order valence-electron chi connectivity index (χ2n) is 7.20. The van der Waals surface area contributed by atoms with Crippen LogP contribution in [0.2, 0.25) is 0 Å². The predicted molar refractivity (Wildman–Crippen MR) is 105 cm³/mol. The molecule has 0 saturated heterocycles. The standard InChI is InChI=1S/C20H26N.2ClH.Cr/c1-19(2,18-12-8-9-13-18)14-17(15-20(3,4)21)16-10-6-5-7-11-16;;;/h5-12,15,21H,13-14H2,1-4H3;2*1H;/q-1;;;+3/p-2. The van der Waals surface area contributed by atoms with Crippen LogP contribution in [-0.4, -0.2) is 5.54 Å². The average Bonchev–Trinajstić information content (AvgIpc) is 3.02. The summed E-state index contributed by atoms with van der Waals surface area (Å²) in [6.45, 7) is 8.50. The normalized spacial score (nSPS) is 14.8. The third-order valence-electron chi connectivity index (χ3n) is 3.95. The number of halogens is 2. The summed E-state index contributed by atoms with van der Waals surface area (Å²) < 4.78 is 0. The summed E-state index contributed by atoms with van der Waals surface area (Å²) in [5.41, 5.74) is 11.8. The summed E-state index contributed by atoms with van der Waals surface area (Å²) in [7, 11) is 9.65. The van der Waals surface area contributed by atoms with E-state index in [4.69, 9.17) is 25.8 Å². The summed E-state index contributed by atoms with van der Waals surface area (Å²) in [6.07, 6.45) is 10.7. The second-order valence-corrected chi connectivity index (χ2v) is 9.31. The Hall–Kier alpha value is -0.488. The van der Waals surface area contributed by atoms with Crippen LogP contribution >= 0.6 is 20.1 Å². The Morgan fingerprint density at radius 2 is 1.75 bits per heavy atom. The third-order valence-corrected chi connectivity index (χ3v) is 3.95. The second kappa shape index (κ2) is 9.86. The van der Waals surface area contributed by atoms with Gasteiger partial charge in [0.2, 0.25) is 0 Å². The van der Waals surface area contributed by atoms with Crippen molar-refractivity contribution in [3.8, 4) is 0 Å². The zero-order valence-corrected chi connectivity index (χ0v) is 17.6.